The van der Waals surface area contributed by atoms with E-state index < -0.39 is 0 Å². The molecule has 88 valence electrons. The summed E-state index contributed by atoms with van der Waals surface area (Å²) in [7, 11) is 0. The number of aromatic nitrogens is 2. The molecule has 0 fully saturated rings. The van der Waals surface area contributed by atoms with Gasteiger partial charge in [0.15, 0.2) is 0 Å². The Hall–Kier alpha value is -2.17. The van der Waals surface area contributed by atoms with E-state index in [0.717, 1.165) is 11.5 Å². The zero-order chi connectivity index (χ0) is 12.1. The molecule has 17 heavy (non-hydrogen) atoms. The molecule has 2 aromatic heterocycles. The van der Waals surface area contributed by atoms with E-state index in [4.69, 9.17) is 4.42 Å². The summed E-state index contributed by atoms with van der Waals surface area (Å²) in [4.78, 5) is 19.3. The van der Waals surface area contributed by atoms with Gasteiger partial charge in [-0.3, -0.25) is 4.79 Å². The van der Waals surface area contributed by atoms with Gasteiger partial charge in [-0.05, 0) is 25.1 Å². The molecule has 0 aliphatic rings. The van der Waals surface area contributed by atoms with Crippen molar-refractivity contribution in [1.29, 1.82) is 0 Å². The van der Waals surface area contributed by atoms with Crippen LogP contribution in [0.15, 0.2) is 35.0 Å². The highest BCUT2D eigenvalue weighted by Gasteiger charge is 2.07. The molecule has 0 unspecified atom stereocenters. The molecule has 0 aliphatic carbocycles. The van der Waals surface area contributed by atoms with E-state index in [1.807, 2.05) is 19.1 Å². The fraction of sp³-hybridized carbons (Fsp3) is 0.250. The first kappa shape index (κ1) is 11.3. The lowest BCUT2D eigenvalue weighted by Crippen LogP contribution is -2.27. The molecule has 5 nitrogen and oxygen atoms in total. The van der Waals surface area contributed by atoms with Gasteiger partial charge in [0.2, 0.25) is 5.82 Å². The van der Waals surface area contributed by atoms with Crippen LogP contribution in [0.2, 0.25) is 0 Å². The second-order valence-corrected chi connectivity index (χ2v) is 3.59. The number of hydrogen-bond acceptors (Lipinski definition) is 4. The summed E-state index contributed by atoms with van der Waals surface area (Å²) in [6, 6.07) is 5.47. The molecular formula is C12H13N3O2. The summed E-state index contributed by atoms with van der Waals surface area (Å²) >= 11 is 0. The van der Waals surface area contributed by atoms with Crippen LogP contribution in [0.4, 0.5) is 0 Å². The Morgan fingerprint density at radius 2 is 2.12 bits per heavy atom. The van der Waals surface area contributed by atoms with Gasteiger partial charge in [-0.15, -0.1) is 0 Å². The Morgan fingerprint density at radius 3 is 2.76 bits per heavy atom. The van der Waals surface area contributed by atoms with Crippen molar-refractivity contribution >= 4 is 5.91 Å². The number of aryl methyl sites for hydroxylation is 1. The van der Waals surface area contributed by atoms with Crippen molar-refractivity contribution in [3.05, 3.63) is 47.9 Å². The van der Waals surface area contributed by atoms with Crippen LogP contribution < -0.4 is 5.32 Å². The Morgan fingerprint density at radius 1 is 1.35 bits per heavy atom. The van der Waals surface area contributed by atoms with Gasteiger partial charge in [-0.2, -0.15) is 0 Å². The molecule has 0 spiro atoms. The summed E-state index contributed by atoms with van der Waals surface area (Å²) in [5.74, 6) is 1.64. The van der Waals surface area contributed by atoms with Crippen molar-refractivity contribution in [2.45, 2.75) is 13.3 Å². The highest BCUT2D eigenvalue weighted by Crippen LogP contribution is 2.06. The molecule has 5 heteroatoms. The molecule has 2 heterocycles. The fourth-order valence-corrected chi connectivity index (χ4v) is 1.41. The Bertz CT molecular complexity index is 493. The predicted octanol–water partition coefficient (Wildman–Crippen LogP) is 1.35. The summed E-state index contributed by atoms with van der Waals surface area (Å²) in [5.41, 5.74) is 0. The van der Waals surface area contributed by atoms with Crippen molar-refractivity contribution in [3.8, 4) is 0 Å². The number of carbonyl (C=O) groups excluding carboxylic acids is 1. The van der Waals surface area contributed by atoms with Crippen molar-refractivity contribution in [2.24, 2.45) is 0 Å². The Kier molecular flexibility index (Phi) is 3.49. The number of carbonyl (C=O) groups is 1. The molecule has 0 aromatic carbocycles. The maximum Gasteiger partial charge on any atom is 0.289 e. The van der Waals surface area contributed by atoms with Gasteiger partial charge in [-0.1, -0.05) is 0 Å². The smallest absolute Gasteiger partial charge is 0.289 e. The van der Waals surface area contributed by atoms with Gasteiger partial charge >= 0.3 is 0 Å². The summed E-state index contributed by atoms with van der Waals surface area (Å²) in [6.07, 6.45) is 3.74. The first-order chi connectivity index (χ1) is 8.25. The second-order valence-electron chi connectivity index (χ2n) is 3.59. The zero-order valence-corrected chi connectivity index (χ0v) is 9.51. The summed E-state index contributed by atoms with van der Waals surface area (Å²) < 4.78 is 5.39. The first-order valence-electron chi connectivity index (χ1n) is 5.36. The predicted molar refractivity (Wildman–Crippen MR) is 61.5 cm³/mol. The number of amides is 1. The molecule has 0 atom stereocenters. The largest absolute Gasteiger partial charge is 0.466 e. The molecule has 0 aliphatic heterocycles. The first-order valence-corrected chi connectivity index (χ1v) is 5.36. The van der Waals surface area contributed by atoms with Gasteiger partial charge in [0.25, 0.3) is 5.91 Å². The quantitative estimate of drug-likeness (QED) is 0.862. The summed E-state index contributed by atoms with van der Waals surface area (Å²) in [6.45, 7) is 2.39. The zero-order valence-electron chi connectivity index (χ0n) is 9.51. The highest BCUT2D eigenvalue weighted by molar-refractivity contribution is 5.90. The molecule has 0 radical (unpaired) electrons. The van der Waals surface area contributed by atoms with Gasteiger partial charge in [-0.25, -0.2) is 9.97 Å². The fourth-order valence-electron chi connectivity index (χ4n) is 1.41. The van der Waals surface area contributed by atoms with Crippen LogP contribution in [0.5, 0.6) is 0 Å². The number of rotatable bonds is 4. The van der Waals surface area contributed by atoms with Crippen LogP contribution in [-0.2, 0) is 6.42 Å². The second kappa shape index (κ2) is 5.25. The van der Waals surface area contributed by atoms with Crippen LogP contribution in [0, 0.1) is 6.92 Å². The van der Waals surface area contributed by atoms with Crippen LogP contribution in [0.25, 0.3) is 0 Å². The minimum Gasteiger partial charge on any atom is -0.466 e. The molecular weight excluding hydrogens is 218 g/mol. The lowest BCUT2D eigenvalue weighted by Gasteiger charge is -2.01. The molecule has 0 bridgehead atoms. The lowest BCUT2D eigenvalue weighted by atomic mass is 10.3. The van der Waals surface area contributed by atoms with Crippen molar-refractivity contribution in [2.75, 3.05) is 6.54 Å². The average Bonchev–Trinajstić information content (AvgIpc) is 2.76. The van der Waals surface area contributed by atoms with Crippen molar-refractivity contribution in [3.63, 3.8) is 0 Å². The average molecular weight is 231 g/mol. The Labute approximate surface area is 98.9 Å². The maximum absolute atomic E-state index is 11.6. The third-order valence-corrected chi connectivity index (χ3v) is 2.22. The molecule has 2 aromatic rings. The van der Waals surface area contributed by atoms with Crippen LogP contribution in [0.3, 0.4) is 0 Å². The normalized spacial score (nSPS) is 10.2. The monoisotopic (exact) mass is 231 g/mol. The van der Waals surface area contributed by atoms with Gasteiger partial charge < -0.3 is 9.73 Å². The van der Waals surface area contributed by atoms with Crippen molar-refractivity contribution in [1.82, 2.24) is 15.3 Å². The van der Waals surface area contributed by atoms with Gasteiger partial charge in [0.1, 0.15) is 11.5 Å². The minimum absolute atomic E-state index is 0.183. The molecule has 2 rings (SSSR count). The Balaban J connectivity index is 1.81. The van der Waals surface area contributed by atoms with E-state index in [9.17, 15) is 4.79 Å². The van der Waals surface area contributed by atoms with Crippen LogP contribution >= 0.6 is 0 Å². The number of nitrogens with zero attached hydrogens (tertiary/aromatic N) is 2. The van der Waals surface area contributed by atoms with Gasteiger partial charge in [0, 0.05) is 25.4 Å². The summed E-state index contributed by atoms with van der Waals surface area (Å²) in [5, 5.41) is 2.73. The molecule has 1 amide bonds. The van der Waals surface area contributed by atoms with E-state index in [0.29, 0.717) is 13.0 Å². The number of furan rings is 1. The van der Waals surface area contributed by atoms with E-state index in [1.54, 1.807) is 6.07 Å². The number of hydrogen-bond donors (Lipinski definition) is 1. The maximum atomic E-state index is 11.6. The molecule has 1 N–H and O–H groups in total. The topological polar surface area (TPSA) is 68.0 Å². The van der Waals surface area contributed by atoms with Gasteiger partial charge in [0.05, 0.1) is 0 Å². The third-order valence-electron chi connectivity index (χ3n) is 2.22. The van der Waals surface area contributed by atoms with E-state index in [1.165, 1.54) is 12.4 Å². The van der Waals surface area contributed by atoms with E-state index in [2.05, 4.69) is 15.3 Å². The SMILES string of the molecule is Cc1ccc(CCNC(=O)c2ncccn2)o1. The molecule has 0 saturated carbocycles. The highest BCUT2D eigenvalue weighted by atomic mass is 16.3. The minimum atomic E-state index is -0.270. The van der Waals surface area contributed by atoms with E-state index in [-0.39, 0.29) is 11.7 Å². The number of nitrogens with one attached hydrogen (secondary N) is 1. The van der Waals surface area contributed by atoms with Crippen LogP contribution in [-0.4, -0.2) is 22.4 Å². The van der Waals surface area contributed by atoms with Crippen LogP contribution in [0.1, 0.15) is 22.1 Å². The standard InChI is InChI=1S/C12H13N3O2/c1-9-3-4-10(17-9)5-8-15-12(16)11-13-6-2-7-14-11/h2-4,6-7H,5,8H2,1H3,(H,15,16). The van der Waals surface area contributed by atoms with E-state index >= 15 is 0 Å². The molecule has 0 saturated heterocycles. The third kappa shape index (κ3) is 3.14. The lowest BCUT2D eigenvalue weighted by molar-refractivity contribution is 0.0943. The van der Waals surface area contributed by atoms with Crippen molar-refractivity contribution < 1.29 is 9.21 Å².